The Kier molecular flexibility index (Phi) is 3.44. The van der Waals surface area contributed by atoms with Crippen LogP contribution in [0.1, 0.15) is 19.4 Å². The Morgan fingerprint density at radius 3 is 2.62 bits per heavy atom. The van der Waals surface area contributed by atoms with Crippen molar-refractivity contribution in [2.24, 2.45) is 0 Å². The van der Waals surface area contributed by atoms with Crippen LogP contribution in [0, 0.1) is 15.5 Å². The van der Waals surface area contributed by atoms with Gasteiger partial charge in [0, 0.05) is 29.6 Å². The molecule has 86 valence electrons. The zero-order chi connectivity index (χ0) is 12.3. The minimum absolute atomic E-state index is 0.128. The predicted octanol–water partition coefficient (Wildman–Crippen LogP) is 1.96. The third-order valence-electron chi connectivity index (χ3n) is 1.88. The first-order valence-corrected chi connectivity index (χ1v) is 4.70. The van der Waals surface area contributed by atoms with Gasteiger partial charge in [0.2, 0.25) is 0 Å². The van der Waals surface area contributed by atoms with Crippen LogP contribution in [0.5, 0.6) is 5.75 Å². The van der Waals surface area contributed by atoms with E-state index in [-0.39, 0.29) is 23.2 Å². The lowest BCUT2D eigenvalue weighted by atomic mass is 10.1. The maximum atomic E-state index is 10.8. The van der Waals surface area contributed by atoms with Gasteiger partial charge in [0.25, 0.3) is 0 Å². The Hall–Kier alpha value is -2.11. The van der Waals surface area contributed by atoms with Gasteiger partial charge in [-0.15, -0.1) is 0 Å². The average Bonchev–Trinajstić information content (AvgIpc) is 2.16. The number of rotatable bonds is 4. The van der Waals surface area contributed by atoms with Gasteiger partial charge in [-0.25, -0.2) is 0 Å². The molecule has 0 bridgehead atoms. The summed E-state index contributed by atoms with van der Waals surface area (Å²) in [5.74, 6) is 0.128. The third-order valence-corrected chi connectivity index (χ3v) is 1.88. The molecule has 0 saturated heterocycles. The van der Waals surface area contributed by atoms with Gasteiger partial charge in [-0.2, -0.15) is 0 Å². The highest BCUT2D eigenvalue weighted by atomic mass is 16.6. The number of nitro benzene ring substituents is 1. The molecule has 0 fully saturated rings. The molecule has 0 spiro atoms. The number of nitrogens with zero attached hydrogens (tertiary/aromatic N) is 1. The van der Waals surface area contributed by atoms with Crippen molar-refractivity contribution in [3.8, 4) is 5.75 Å². The van der Waals surface area contributed by atoms with Gasteiger partial charge < -0.3 is 15.9 Å². The van der Waals surface area contributed by atoms with Crippen molar-refractivity contribution in [1.29, 1.82) is 5.41 Å². The summed E-state index contributed by atoms with van der Waals surface area (Å²) in [4.78, 5) is 10.2. The molecule has 1 aromatic carbocycles. The summed E-state index contributed by atoms with van der Waals surface area (Å²) in [5.41, 5.74) is 6.04. The summed E-state index contributed by atoms with van der Waals surface area (Å²) in [6.07, 6.45) is 0.797. The first kappa shape index (κ1) is 12.0. The summed E-state index contributed by atoms with van der Waals surface area (Å²) >= 11 is 0. The maximum Gasteiger partial charge on any atom is 0.311 e. The minimum Gasteiger partial charge on any atom is -0.484 e. The number of nitro groups is 1. The van der Waals surface area contributed by atoms with Crippen molar-refractivity contribution in [2.45, 2.75) is 20.0 Å². The van der Waals surface area contributed by atoms with E-state index >= 15 is 0 Å². The summed E-state index contributed by atoms with van der Waals surface area (Å²) in [6.45, 7) is 3.54. The number of nitrogens with two attached hydrogens (primary N) is 1. The zero-order valence-electron chi connectivity index (χ0n) is 9.06. The summed E-state index contributed by atoms with van der Waals surface area (Å²) < 4.78 is 5.29. The molecular weight excluding hydrogens is 210 g/mol. The van der Waals surface area contributed by atoms with E-state index in [9.17, 15) is 10.1 Å². The summed E-state index contributed by atoms with van der Waals surface area (Å²) in [6, 6.07) is 2.61. The van der Waals surface area contributed by atoms with Crippen molar-refractivity contribution in [2.75, 3.05) is 5.73 Å². The molecule has 1 rings (SSSR count). The molecule has 0 heterocycles. The molecule has 6 heteroatoms. The normalized spacial score (nSPS) is 10.2. The van der Waals surface area contributed by atoms with E-state index in [4.69, 9.17) is 15.9 Å². The lowest BCUT2D eigenvalue weighted by Gasteiger charge is -2.11. The average molecular weight is 223 g/mol. The fraction of sp³-hybridized carbons (Fsp3) is 0.300. The third kappa shape index (κ3) is 2.47. The van der Waals surface area contributed by atoms with Gasteiger partial charge in [0.1, 0.15) is 0 Å². The number of anilines is 1. The second kappa shape index (κ2) is 4.61. The molecule has 3 N–H and O–H groups in total. The molecule has 0 aliphatic carbocycles. The molecule has 0 aromatic heterocycles. The van der Waals surface area contributed by atoms with Gasteiger partial charge >= 0.3 is 5.69 Å². The molecule has 0 saturated carbocycles. The van der Waals surface area contributed by atoms with Crippen molar-refractivity contribution in [3.63, 3.8) is 0 Å². The Bertz CT molecular complexity index is 430. The number of nitrogens with one attached hydrogen (secondary N) is 1. The highest BCUT2D eigenvalue weighted by molar-refractivity contribution is 5.87. The molecule has 0 amide bonds. The molecule has 0 atom stereocenters. The van der Waals surface area contributed by atoms with Crippen LogP contribution >= 0.6 is 0 Å². The van der Waals surface area contributed by atoms with E-state index in [0.29, 0.717) is 5.56 Å². The Morgan fingerprint density at radius 1 is 1.56 bits per heavy atom. The van der Waals surface area contributed by atoms with Gasteiger partial charge in [0.15, 0.2) is 5.75 Å². The first-order valence-electron chi connectivity index (χ1n) is 4.70. The molecule has 6 nitrogen and oxygen atoms in total. The number of hydrogen-bond donors (Lipinski definition) is 2. The van der Waals surface area contributed by atoms with Crippen LogP contribution < -0.4 is 10.5 Å². The van der Waals surface area contributed by atoms with Crippen LogP contribution in [0.4, 0.5) is 11.4 Å². The Morgan fingerprint density at radius 2 is 2.19 bits per heavy atom. The second-order valence-corrected chi connectivity index (χ2v) is 3.52. The van der Waals surface area contributed by atoms with Crippen molar-refractivity contribution in [3.05, 3.63) is 27.8 Å². The standard InChI is InChI=1S/C10H13N3O3/c1-6(2)16-10-4-8(12)7(5-11)3-9(10)13(14)15/h3-6,11H,12H2,1-2H3. The molecule has 0 aliphatic heterocycles. The van der Waals surface area contributed by atoms with Crippen molar-refractivity contribution < 1.29 is 9.66 Å². The highest BCUT2D eigenvalue weighted by Gasteiger charge is 2.18. The van der Waals surface area contributed by atoms with E-state index in [1.54, 1.807) is 13.8 Å². The van der Waals surface area contributed by atoms with Gasteiger partial charge in [0.05, 0.1) is 11.0 Å². The molecule has 0 aliphatic rings. The monoisotopic (exact) mass is 223 g/mol. The summed E-state index contributed by atoms with van der Waals surface area (Å²) in [5, 5.41) is 17.9. The SMILES string of the molecule is CC(C)Oc1cc(N)c(C=N)cc1[N+](=O)[O-]. The van der Waals surface area contributed by atoms with E-state index in [2.05, 4.69) is 0 Å². The van der Waals surface area contributed by atoms with Crippen LogP contribution in [-0.4, -0.2) is 17.2 Å². The number of nitrogen functional groups attached to an aromatic ring is 1. The fourth-order valence-corrected chi connectivity index (χ4v) is 1.22. The van der Waals surface area contributed by atoms with Crippen LogP contribution in [0.2, 0.25) is 0 Å². The molecule has 1 aromatic rings. The Labute approximate surface area is 92.7 Å². The van der Waals surface area contributed by atoms with Gasteiger partial charge in [-0.05, 0) is 13.8 Å². The highest BCUT2D eigenvalue weighted by Crippen LogP contribution is 2.31. The second-order valence-electron chi connectivity index (χ2n) is 3.52. The molecule has 0 radical (unpaired) electrons. The molecular formula is C10H13N3O3. The number of benzene rings is 1. The predicted molar refractivity (Wildman–Crippen MR) is 61.2 cm³/mol. The van der Waals surface area contributed by atoms with Crippen LogP contribution in [-0.2, 0) is 0 Å². The van der Waals surface area contributed by atoms with Gasteiger partial charge in [-0.3, -0.25) is 10.1 Å². The fourth-order valence-electron chi connectivity index (χ4n) is 1.22. The largest absolute Gasteiger partial charge is 0.484 e. The van der Waals surface area contributed by atoms with Crippen molar-refractivity contribution >= 4 is 17.6 Å². The summed E-state index contributed by atoms with van der Waals surface area (Å²) in [7, 11) is 0. The Balaban J connectivity index is 3.30. The van der Waals surface area contributed by atoms with E-state index in [1.165, 1.54) is 12.1 Å². The van der Waals surface area contributed by atoms with Crippen LogP contribution in [0.15, 0.2) is 12.1 Å². The lowest BCUT2D eigenvalue weighted by molar-refractivity contribution is -0.386. The quantitative estimate of drug-likeness (QED) is 0.352. The van der Waals surface area contributed by atoms with E-state index in [1.807, 2.05) is 0 Å². The maximum absolute atomic E-state index is 10.8. The minimum atomic E-state index is -0.551. The van der Waals surface area contributed by atoms with Crippen molar-refractivity contribution in [1.82, 2.24) is 0 Å². The first-order chi connectivity index (χ1) is 7.45. The van der Waals surface area contributed by atoms with E-state index < -0.39 is 4.92 Å². The van der Waals surface area contributed by atoms with E-state index in [0.717, 1.165) is 6.21 Å². The smallest absolute Gasteiger partial charge is 0.311 e. The lowest BCUT2D eigenvalue weighted by Crippen LogP contribution is -2.08. The van der Waals surface area contributed by atoms with Crippen LogP contribution in [0.25, 0.3) is 0 Å². The molecule has 16 heavy (non-hydrogen) atoms. The number of hydrogen-bond acceptors (Lipinski definition) is 5. The molecule has 0 unspecified atom stereocenters. The topological polar surface area (TPSA) is 102 Å². The zero-order valence-corrected chi connectivity index (χ0v) is 9.06. The number of ether oxygens (including phenoxy) is 1. The van der Waals surface area contributed by atoms with Crippen LogP contribution in [0.3, 0.4) is 0 Å². The van der Waals surface area contributed by atoms with Gasteiger partial charge in [-0.1, -0.05) is 0 Å².